The quantitative estimate of drug-likeness (QED) is 0.526. The number of methoxy groups -OCH3 is 1. The Kier molecular flexibility index (Phi) is 6.96. The molecule has 1 N–H and O–H groups in total. The van der Waals surface area contributed by atoms with Gasteiger partial charge < -0.3 is 15.0 Å². The van der Waals surface area contributed by atoms with Gasteiger partial charge in [-0.05, 0) is 55.3 Å². The van der Waals surface area contributed by atoms with E-state index in [0.717, 1.165) is 37.4 Å². The SMILES string of the molecule is COc1ccc(-n2cnnc2SCC(=O)Nc2cc(Cl)ccc2C(=O)N2CCCC2)cc1. The molecule has 2 heterocycles. The molecule has 3 aromatic rings. The number of likely N-dealkylation sites (tertiary alicyclic amines) is 1. The lowest BCUT2D eigenvalue weighted by Crippen LogP contribution is -2.29. The Balaban J connectivity index is 1.43. The maximum Gasteiger partial charge on any atom is 0.255 e. The van der Waals surface area contributed by atoms with Crippen molar-refractivity contribution in [2.24, 2.45) is 0 Å². The monoisotopic (exact) mass is 471 g/mol. The van der Waals surface area contributed by atoms with Crippen molar-refractivity contribution in [2.75, 3.05) is 31.3 Å². The van der Waals surface area contributed by atoms with Gasteiger partial charge in [-0.15, -0.1) is 10.2 Å². The fourth-order valence-corrected chi connectivity index (χ4v) is 4.36. The van der Waals surface area contributed by atoms with Crippen LogP contribution in [-0.2, 0) is 4.79 Å². The van der Waals surface area contributed by atoms with Crippen LogP contribution in [0.3, 0.4) is 0 Å². The van der Waals surface area contributed by atoms with Crippen LogP contribution in [0.15, 0.2) is 53.9 Å². The van der Waals surface area contributed by atoms with Crippen LogP contribution in [0.5, 0.6) is 5.75 Å². The minimum atomic E-state index is -0.267. The molecule has 0 bridgehead atoms. The van der Waals surface area contributed by atoms with Crippen LogP contribution in [0.25, 0.3) is 5.69 Å². The first-order chi connectivity index (χ1) is 15.5. The van der Waals surface area contributed by atoms with Crippen molar-refractivity contribution in [3.63, 3.8) is 0 Å². The summed E-state index contributed by atoms with van der Waals surface area (Å²) in [5.41, 5.74) is 1.71. The summed E-state index contributed by atoms with van der Waals surface area (Å²) in [6, 6.07) is 12.4. The van der Waals surface area contributed by atoms with Crippen LogP contribution in [0.1, 0.15) is 23.2 Å². The number of hydrogen-bond acceptors (Lipinski definition) is 6. The third kappa shape index (κ3) is 5.05. The van der Waals surface area contributed by atoms with Crippen molar-refractivity contribution in [2.45, 2.75) is 18.0 Å². The van der Waals surface area contributed by atoms with Crippen LogP contribution >= 0.6 is 23.4 Å². The second-order valence-electron chi connectivity index (χ2n) is 7.21. The summed E-state index contributed by atoms with van der Waals surface area (Å²) >= 11 is 7.37. The van der Waals surface area contributed by atoms with E-state index >= 15 is 0 Å². The molecule has 1 saturated heterocycles. The summed E-state index contributed by atoms with van der Waals surface area (Å²) in [6.07, 6.45) is 3.57. The summed E-state index contributed by atoms with van der Waals surface area (Å²) < 4.78 is 6.98. The van der Waals surface area contributed by atoms with Crippen molar-refractivity contribution in [3.8, 4) is 11.4 Å². The number of nitrogens with zero attached hydrogens (tertiary/aromatic N) is 4. The molecular weight excluding hydrogens is 450 g/mol. The molecule has 1 fully saturated rings. The molecule has 8 nitrogen and oxygen atoms in total. The zero-order chi connectivity index (χ0) is 22.5. The molecule has 0 saturated carbocycles. The van der Waals surface area contributed by atoms with Gasteiger partial charge in [-0.2, -0.15) is 0 Å². The molecule has 0 spiro atoms. The van der Waals surface area contributed by atoms with E-state index in [4.69, 9.17) is 16.3 Å². The van der Waals surface area contributed by atoms with E-state index in [1.807, 2.05) is 24.3 Å². The summed E-state index contributed by atoms with van der Waals surface area (Å²) in [4.78, 5) is 27.3. The zero-order valence-electron chi connectivity index (χ0n) is 17.5. The number of halogens is 1. The normalized spacial score (nSPS) is 13.2. The van der Waals surface area contributed by atoms with Crippen LogP contribution in [0.2, 0.25) is 5.02 Å². The van der Waals surface area contributed by atoms with Crippen molar-refractivity contribution in [1.29, 1.82) is 0 Å². The van der Waals surface area contributed by atoms with E-state index in [-0.39, 0.29) is 17.6 Å². The molecule has 1 aromatic heterocycles. The zero-order valence-corrected chi connectivity index (χ0v) is 19.0. The maximum atomic E-state index is 12.8. The molecule has 0 unspecified atom stereocenters. The van der Waals surface area contributed by atoms with E-state index in [1.54, 1.807) is 41.1 Å². The summed E-state index contributed by atoms with van der Waals surface area (Å²) in [6.45, 7) is 1.46. The lowest BCUT2D eigenvalue weighted by Gasteiger charge is -2.18. The predicted octanol–water partition coefficient (Wildman–Crippen LogP) is 3.90. The first kappa shape index (κ1) is 22.2. The predicted molar refractivity (Wildman–Crippen MR) is 124 cm³/mol. The number of hydrogen-bond donors (Lipinski definition) is 1. The van der Waals surface area contributed by atoms with Gasteiger partial charge in [0.05, 0.1) is 24.1 Å². The molecule has 0 atom stereocenters. The van der Waals surface area contributed by atoms with E-state index in [2.05, 4.69) is 15.5 Å². The first-order valence-electron chi connectivity index (χ1n) is 10.1. The van der Waals surface area contributed by atoms with Gasteiger partial charge >= 0.3 is 0 Å². The molecule has 2 aromatic carbocycles. The van der Waals surface area contributed by atoms with Gasteiger partial charge in [0.1, 0.15) is 12.1 Å². The Morgan fingerprint density at radius 2 is 1.91 bits per heavy atom. The highest BCUT2D eigenvalue weighted by atomic mass is 35.5. The highest BCUT2D eigenvalue weighted by Gasteiger charge is 2.23. The van der Waals surface area contributed by atoms with E-state index in [0.29, 0.717) is 21.4 Å². The minimum Gasteiger partial charge on any atom is -0.497 e. The van der Waals surface area contributed by atoms with E-state index in [9.17, 15) is 9.59 Å². The number of thioether (sulfide) groups is 1. The van der Waals surface area contributed by atoms with Gasteiger partial charge in [-0.3, -0.25) is 14.2 Å². The molecular formula is C22H22ClN5O3S. The van der Waals surface area contributed by atoms with Gasteiger partial charge in [0.2, 0.25) is 5.91 Å². The number of amides is 2. The standard InChI is InChI=1S/C22H22ClN5O3S/c1-31-17-7-5-16(6-8-17)28-14-24-26-22(28)32-13-20(29)25-19-12-15(23)4-9-18(19)21(30)27-10-2-3-11-27/h4-9,12,14H,2-3,10-11,13H2,1H3,(H,25,29). The lowest BCUT2D eigenvalue weighted by molar-refractivity contribution is -0.113. The largest absolute Gasteiger partial charge is 0.497 e. The van der Waals surface area contributed by atoms with Crippen molar-refractivity contribution >= 4 is 40.9 Å². The topological polar surface area (TPSA) is 89.3 Å². The average molecular weight is 472 g/mol. The molecule has 4 rings (SSSR count). The molecule has 10 heteroatoms. The van der Waals surface area contributed by atoms with Crippen LogP contribution < -0.4 is 10.1 Å². The Bertz CT molecular complexity index is 1110. The van der Waals surface area contributed by atoms with Crippen molar-refractivity contribution < 1.29 is 14.3 Å². The summed E-state index contributed by atoms with van der Waals surface area (Å²) in [5.74, 6) is 0.480. The summed E-state index contributed by atoms with van der Waals surface area (Å²) in [5, 5.41) is 11.9. The van der Waals surface area contributed by atoms with Gasteiger partial charge in [0.15, 0.2) is 5.16 Å². The number of ether oxygens (including phenoxy) is 1. The number of aromatic nitrogens is 3. The Morgan fingerprint density at radius 3 is 2.62 bits per heavy atom. The van der Waals surface area contributed by atoms with Crippen LogP contribution in [-0.4, -0.2) is 57.4 Å². The third-order valence-corrected chi connectivity index (χ3v) is 6.26. The maximum absolute atomic E-state index is 12.8. The Hall–Kier alpha value is -3.04. The van der Waals surface area contributed by atoms with Crippen molar-refractivity contribution in [3.05, 3.63) is 59.4 Å². The number of carbonyl (C=O) groups is 2. The van der Waals surface area contributed by atoms with E-state index < -0.39 is 0 Å². The number of anilines is 1. The molecule has 0 aliphatic carbocycles. The number of nitrogens with one attached hydrogen (secondary N) is 1. The highest BCUT2D eigenvalue weighted by molar-refractivity contribution is 7.99. The van der Waals surface area contributed by atoms with Crippen molar-refractivity contribution in [1.82, 2.24) is 19.7 Å². The molecule has 1 aliphatic heterocycles. The second-order valence-corrected chi connectivity index (χ2v) is 8.59. The first-order valence-corrected chi connectivity index (χ1v) is 11.5. The van der Waals surface area contributed by atoms with Crippen LogP contribution in [0.4, 0.5) is 5.69 Å². The minimum absolute atomic E-state index is 0.0959. The highest BCUT2D eigenvalue weighted by Crippen LogP contribution is 2.26. The van der Waals surface area contributed by atoms with E-state index in [1.165, 1.54) is 11.8 Å². The Morgan fingerprint density at radius 1 is 1.16 bits per heavy atom. The third-order valence-electron chi connectivity index (χ3n) is 5.08. The lowest BCUT2D eigenvalue weighted by atomic mass is 10.1. The Labute approximate surface area is 194 Å². The smallest absolute Gasteiger partial charge is 0.255 e. The van der Waals surface area contributed by atoms with Gasteiger partial charge in [0.25, 0.3) is 5.91 Å². The van der Waals surface area contributed by atoms with Gasteiger partial charge in [0, 0.05) is 23.8 Å². The van der Waals surface area contributed by atoms with Gasteiger partial charge in [-0.25, -0.2) is 0 Å². The second kappa shape index (κ2) is 10.1. The summed E-state index contributed by atoms with van der Waals surface area (Å²) in [7, 11) is 1.61. The molecule has 166 valence electrons. The fraction of sp³-hybridized carbons (Fsp3) is 0.273. The number of carbonyl (C=O) groups excluding carboxylic acids is 2. The average Bonchev–Trinajstić information content (AvgIpc) is 3.50. The molecule has 32 heavy (non-hydrogen) atoms. The molecule has 0 radical (unpaired) electrons. The number of rotatable bonds is 7. The van der Waals surface area contributed by atoms with Crippen LogP contribution in [0, 0.1) is 0 Å². The molecule has 2 amide bonds. The number of benzene rings is 2. The van der Waals surface area contributed by atoms with Gasteiger partial charge in [-0.1, -0.05) is 23.4 Å². The molecule has 1 aliphatic rings. The fourth-order valence-electron chi connectivity index (χ4n) is 3.46.